The number of amides is 1. The number of carbonyl (C=O) groups is 2. The number of carbonyl (C=O) groups excluding carboxylic acids is 2. The fourth-order valence-corrected chi connectivity index (χ4v) is 5.26. The third-order valence-electron chi connectivity index (χ3n) is 5.12. The maximum atomic E-state index is 12.8. The molecule has 2 unspecified atom stereocenters. The molecule has 0 saturated heterocycles. The van der Waals surface area contributed by atoms with E-state index in [-0.39, 0.29) is 17.9 Å². The first-order chi connectivity index (χ1) is 15.2. The van der Waals surface area contributed by atoms with Gasteiger partial charge in [0.2, 0.25) is 5.91 Å². The van der Waals surface area contributed by atoms with Crippen molar-refractivity contribution in [2.24, 2.45) is 0 Å². The van der Waals surface area contributed by atoms with Crippen molar-refractivity contribution >= 4 is 56.8 Å². The molecule has 1 aromatic carbocycles. The molecule has 1 amide bonds. The minimum Gasteiger partial charge on any atom is -0.469 e. The predicted octanol–water partition coefficient (Wildman–Crippen LogP) is 4.30. The fourth-order valence-electron chi connectivity index (χ4n) is 3.18. The van der Waals surface area contributed by atoms with E-state index in [2.05, 4.69) is 15.3 Å². The Bertz CT molecular complexity index is 1210. The number of halogens is 1. The fraction of sp³-hybridized carbons (Fsp3) is 0.364. The van der Waals surface area contributed by atoms with Gasteiger partial charge >= 0.3 is 5.97 Å². The molecule has 10 heteroatoms. The van der Waals surface area contributed by atoms with Gasteiger partial charge in [0.15, 0.2) is 0 Å². The topological polar surface area (TPSA) is 101 Å². The van der Waals surface area contributed by atoms with Crippen LogP contribution in [0.3, 0.4) is 0 Å². The highest BCUT2D eigenvalue weighted by molar-refractivity contribution is 7.99. The average molecular weight is 494 g/mol. The number of hydrogen-bond acceptors (Lipinski definition) is 7. The minimum absolute atomic E-state index is 0.0357. The zero-order valence-corrected chi connectivity index (χ0v) is 20.5. The molecule has 7 nitrogen and oxygen atoms in total. The highest BCUT2D eigenvalue weighted by Gasteiger charge is 2.24. The van der Waals surface area contributed by atoms with Crippen molar-refractivity contribution in [3.05, 3.63) is 61.5 Å². The molecule has 0 saturated carbocycles. The van der Waals surface area contributed by atoms with Crippen LogP contribution in [0.5, 0.6) is 0 Å². The third kappa shape index (κ3) is 5.51. The number of methoxy groups -OCH3 is 1. The Balaban J connectivity index is 1.70. The van der Waals surface area contributed by atoms with Gasteiger partial charge < -0.3 is 15.0 Å². The summed E-state index contributed by atoms with van der Waals surface area (Å²) in [4.78, 5) is 46.3. The highest BCUT2D eigenvalue weighted by Crippen LogP contribution is 2.28. The van der Waals surface area contributed by atoms with Crippen LogP contribution in [0.1, 0.15) is 41.2 Å². The van der Waals surface area contributed by atoms with Crippen molar-refractivity contribution in [3.8, 4) is 0 Å². The van der Waals surface area contributed by atoms with Crippen molar-refractivity contribution in [3.63, 3.8) is 0 Å². The molecule has 2 aromatic heterocycles. The van der Waals surface area contributed by atoms with E-state index in [1.807, 2.05) is 13.8 Å². The van der Waals surface area contributed by atoms with E-state index in [0.717, 1.165) is 10.4 Å². The second-order valence-electron chi connectivity index (χ2n) is 7.29. The number of benzene rings is 1. The molecule has 0 aliphatic rings. The van der Waals surface area contributed by atoms with Gasteiger partial charge in [-0.1, -0.05) is 29.8 Å². The zero-order chi connectivity index (χ0) is 23.4. The molecule has 170 valence electrons. The van der Waals surface area contributed by atoms with E-state index in [0.29, 0.717) is 32.4 Å². The number of thioether (sulfide) groups is 1. The maximum Gasteiger partial charge on any atom is 0.307 e. The molecule has 3 rings (SSSR count). The summed E-state index contributed by atoms with van der Waals surface area (Å²) in [6, 6.07) is 6.43. The lowest BCUT2D eigenvalue weighted by Crippen LogP contribution is -2.35. The maximum absolute atomic E-state index is 12.8. The summed E-state index contributed by atoms with van der Waals surface area (Å²) in [5, 5.41) is 3.52. The SMILES string of the molecule is COC(=O)CC(NC(=O)C(C)SCc1nc2sc(C)c(C)c2c(=O)[nH]1)c1ccccc1Cl. The number of rotatable bonds is 8. The van der Waals surface area contributed by atoms with Gasteiger partial charge in [-0.05, 0) is 38.0 Å². The van der Waals surface area contributed by atoms with Gasteiger partial charge in [0.25, 0.3) is 5.56 Å². The molecule has 0 aliphatic carbocycles. The van der Waals surface area contributed by atoms with Crippen LogP contribution in [-0.2, 0) is 20.1 Å². The molecule has 0 radical (unpaired) electrons. The molecule has 2 N–H and O–H groups in total. The van der Waals surface area contributed by atoms with Gasteiger partial charge in [-0.15, -0.1) is 23.1 Å². The van der Waals surface area contributed by atoms with E-state index in [1.54, 1.807) is 31.2 Å². The molecule has 3 aromatic rings. The summed E-state index contributed by atoms with van der Waals surface area (Å²) in [6.07, 6.45) is -0.0357. The Morgan fingerprint density at radius 3 is 2.72 bits per heavy atom. The lowest BCUT2D eigenvalue weighted by atomic mass is 10.0. The zero-order valence-electron chi connectivity index (χ0n) is 18.2. The Hall–Kier alpha value is -2.36. The number of fused-ring (bicyclic) bond motifs is 1. The monoisotopic (exact) mass is 493 g/mol. The van der Waals surface area contributed by atoms with Crippen LogP contribution in [0, 0.1) is 13.8 Å². The number of nitrogens with zero attached hydrogens (tertiary/aromatic N) is 1. The second kappa shape index (κ2) is 10.5. The van der Waals surface area contributed by atoms with E-state index in [9.17, 15) is 14.4 Å². The minimum atomic E-state index is -0.613. The summed E-state index contributed by atoms with van der Waals surface area (Å²) < 4.78 is 4.77. The van der Waals surface area contributed by atoms with Crippen molar-refractivity contribution in [1.29, 1.82) is 0 Å². The Morgan fingerprint density at radius 1 is 1.31 bits per heavy atom. The number of hydrogen-bond donors (Lipinski definition) is 2. The number of thiophene rings is 1. The average Bonchev–Trinajstić information content (AvgIpc) is 3.05. The lowest BCUT2D eigenvalue weighted by molar-refractivity contribution is -0.141. The van der Waals surface area contributed by atoms with Crippen LogP contribution < -0.4 is 10.9 Å². The number of esters is 1. The number of ether oxygens (including phenoxy) is 1. The number of H-pyrrole nitrogens is 1. The number of nitrogens with one attached hydrogen (secondary N) is 2. The first kappa shape index (κ1) is 24.3. The second-order valence-corrected chi connectivity index (χ2v) is 10.2. The number of aromatic amines is 1. The quantitative estimate of drug-likeness (QED) is 0.454. The molecule has 32 heavy (non-hydrogen) atoms. The van der Waals surface area contributed by atoms with Gasteiger partial charge in [0.1, 0.15) is 10.7 Å². The first-order valence-corrected chi connectivity index (χ1v) is 12.2. The van der Waals surface area contributed by atoms with E-state index in [1.165, 1.54) is 30.2 Å². The number of aryl methyl sites for hydroxylation is 2. The van der Waals surface area contributed by atoms with Gasteiger partial charge in [0, 0.05) is 9.90 Å². The van der Waals surface area contributed by atoms with Crippen LogP contribution in [0.15, 0.2) is 29.1 Å². The standard InChI is InChI=1S/C22H24ClN3O4S2/c1-11-12(2)32-22-19(11)21(29)25-17(26-22)10-31-13(3)20(28)24-16(9-18(27)30-4)14-7-5-6-8-15(14)23/h5-8,13,16H,9-10H2,1-4H3,(H,24,28)(H,25,26,29). The summed E-state index contributed by atoms with van der Waals surface area (Å²) in [6.45, 7) is 5.64. The summed E-state index contributed by atoms with van der Waals surface area (Å²) in [7, 11) is 1.30. The van der Waals surface area contributed by atoms with Gasteiger partial charge in [-0.3, -0.25) is 14.4 Å². The van der Waals surface area contributed by atoms with Crippen molar-refractivity contribution < 1.29 is 14.3 Å². The molecule has 0 fully saturated rings. The van der Waals surface area contributed by atoms with Crippen molar-refractivity contribution in [1.82, 2.24) is 15.3 Å². The van der Waals surface area contributed by atoms with E-state index >= 15 is 0 Å². The Labute approximate surface area is 198 Å². The van der Waals surface area contributed by atoms with Crippen LogP contribution in [0.4, 0.5) is 0 Å². The first-order valence-electron chi connectivity index (χ1n) is 9.93. The Kier molecular flexibility index (Phi) is 7.97. The molecule has 0 aliphatic heterocycles. The summed E-state index contributed by atoms with van der Waals surface area (Å²) in [5.41, 5.74) is 1.42. The molecular formula is C22H24ClN3O4S2. The third-order valence-corrected chi connectivity index (χ3v) is 7.72. The van der Waals surface area contributed by atoms with Crippen LogP contribution >= 0.6 is 34.7 Å². The summed E-state index contributed by atoms with van der Waals surface area (Å²) >= 11 is 9.11. The smallest absolute Gasteiger partial charge is 0.307 e. The summed E-state index contributed by atoms with van der Waals surface area (Å²) in [5.74, 6) is 0.177. The molecule has 2 heterocycles. The van der Waals surface area contributed by atoms with Crippen LogP contribution in [-0.4, -0.2) is 34.2 Å². The normalized spacial score (nSPS) is 13.0. The van der Waals surface area contributed by atoms with Crippen LogP contribution in [0.25, 0.3) is 10.2 Å². The van der Waals surface area contributed by atoms with Gasteiger partial charge in [-0.25, -0.2) is 4.98 Å². The van der Waals surface area contributed by atoms with Crippen molar-refractivity contribution in [2.45, 2.75) is 44.2 Å². The van der Waals surface area contributed by atoms with E-state index < -0.39 is 17.3 Å². The van der Waals surface area contributed by atoms with Crippen molar-refractivity contribution in [2.75, 3.05) is 7.11 Å². The predicted molar refractivity (Wildman–Crippen MR) is 129 cm³/mol. The highest BCUT2D eigenvalue weighted by atomic mass is 35.5. The lowest BCUT2D eigenvalue weighted by Gasteiger charge is -2.21. The van der Waals surface area contributed by atoms with Crippen LogP contribution in [0.2, 0.25) is 5.02 Å². The van der Waals surface area contributed by atoms with E-state index in [4.69, 9.17) is 16.3 Å². The van der Waals surface area contributed by atoms with Gasteiger partial charge in [0.05, 0.1) is 36.0 Å². The molecule has 0 bridgehead atoms. The molecule has 2 atom stereocenters. The molecule has 0 spiro atoms. The Morgan fingerprint density at radius 2 is 2.03 bits per heavy atom. The number of aromatic nitrogens is 2. The molecular weight excluding hydrogens is 470 g/mol. The van der Waals surface area contributed by atoms with Gasteiger partial charge in [-0.2, -0.15) is 0 Å². The largest absolute Gasteiger partial charge is 0.469 e.